The molecular formula is C11H14O. The van der Waals surface area contributed by atoms with Crippen molar-refractivity contribution in [1.29, 1.82) is 0 Å². The Bertz CT molecular complexity index is 257. The maximum Gasteiger partial charge on any atom is 0.125 e. The van der Waals surface area contributed by atoms with E-state index in [9.17, 15) is 5.11 Å². The molecule has 0 radical (unpaired) electrons. The molecule has 0 unspecified atom stereocenters. The van der Waals surface area contributed by atoms with E-state index in [0.29, 0.717) is 11.8 Å². The summed E-state index contributed by atoms with van der Waals surface area (Å²) < 4.78 is 0. The zero-order valence-corrected chi connectivity index (χ0v) is 7.33. The molecule has 2 aliphatic carbocycles. The Balaban J connectivity index is 2.19. The van der Waals surface area contributed by atoms with E-state index in [1.54, 1.807) is 6.92 Å². The largest absolute Gasteiger partial charge is 0.378 e. The maximum atomic E-state index is 9.88. The molecule has 1 saturated carbocycles. The number of hydrogen-bond donors (Lipinski definition) is 1. The first-order valence-corrected chi connectivity index (χ1v) is 4.52. The third-order valence-electron chi connectivity index (χ3n) is 3.29. The molecule has 0 aliphatic heterocycles. The van der Waals surface area contributed by atoms with E-state index < -0.39 is 5.60 Å². The highest BCUT2D eigenvalue weighted by molar-refractivity contribution is 5.19. The molecule has 1 heteroatoms. The highest BCUT2D eigenvalue weighted by atomic mass is 16.3. The van der Waals surface area contributed by atoms with Crippen LogP contribution in [0.4, 0.5) is 0 Å². The average Bonchev–Trinajstić information content (AvgIpc) is 2.64. The van der Waals surface area contributed by atoms with E-state index in [-0.39, 0.29) is 5.92 Å². The van der Waals surface area contributed by atoms with E-state index >= 15 is 0 Å². The summed E-state index contributed by atoms with van der Waals surface area (Å²) in [5.74, 6) is 3.99. The van der Waals surface area contributed by atoms with Gasteiger partial charge >= 0.3 is 0 Å². The molecule has 0 amide bonds. The van der Waals surface area contributed by atoms with Gasteiger partial charge in [-0.25, -0.2) is 0 Å². The van der Waals surface area contributed by atoms with Crippen LogP contribution in [0.25, 0.3) is 0 Å². The van der Waals surface area contributed by atoms with E-state index in [2.05, 4.69) is 18.1 Å². The first-order chi connectivity index (χ1) is 5.63. The molecule has 1 N–H and O–H groups in total. The van der Waals surface area contributed by atoms with Crippen molar-refractivity contribution in [2.45, 2.75) is 25.4 Å². The minimum atomic E-state index is -0.899. The van der Waals surface area contributed by atoms with Gasteiger partial charge in [-0.15, -0.1) is 6.42 Å². The summed E-state index contributed by atoms with van der Waals surface area (Å²) >= 11 is 0. The van der Waals surface area contributed by atoms with E-state index in [1.165, 1.54) is 6.42 Å². The molecule has 1 nitrogen and oxygen atoms in total. The molecule has 2 aliphatic rings. The molecule has 64 valence electrons. The van der Waals surface area contributed by atoms with E-state index in [1.807, 2.05) is 0 Å². The normalized spacial score (nSPS) is 42.6. The topological polar surface area (TPSA) is 20.2 Å². The highest BCUT2D eigenvalue weighted by Crippen LogP contribution is 2.47. The zero-order chi connectivity index (χ0) is 8.77. The Hall–Kier alpha value is -0.740. The van der Waals surface area contributed by atoms with Gasteiger partial charge in [0.2, 0.25) is 0 Å². The smallest absolute Gasteiger partial charge is 0.125 e. The van der Waals surface area contributed by atoms with Crippen LogP contribution in [0.5, 0.6) is 0 Å². The van der Waals surface area contributed by atoms with Crippen LogP contribution in [-0.4, -0.2) is 10.7 Å². The average molecular weight is 162 g/mol. The maximum absolute atomic E-state index is 9.88. The molecule has 0 aromatic heterocycles. The minimum Gasteiger partial charge on any atom is -0.378 e. The molecule has 1 fully saturated rings. The lowest BCUT2D eigenvalue weighted by Crippen LogP contribution is -2.35. The minimum absolute atomic E-state index is 0.289. The third-order valence-corrected chi connectivity index (χ3v) is 3.29. The van der Waals surface area contributed by atoms with Crippen LogP contribution in [0.3, 0.4) is 0 Å². The summed E-state index contributed by atoms with van der Waals surface area (Å²) in [6, 6.07) is 0. The van der Waals surface area contributed by atoms with Gasteiger partial charge in [-0.1, -0.05) is 18.1 Å². The first kappa shape index (κ1) is 7.89. The van der Waals surface area contributed by atoms with Crippen LogP contribution in [0.1, 0.15) is 19.8 Å². The summed E-state index contributed by atoms with van der Waals surface area (Å²) in [5, 5.41) is 9.88. The fourth-order valence-corrected chi connectivity index (χ4v) is 2.53. The molecule has 2 bridgehead atoms. The Kier molecular flexibility index (Phi) is 1.56. The first-order valence-electron chi connectivity index (χ1n) is 4.52. The van der Waals surface area contributed by atoms with Gasteiger partial charge in [0.15, 0.2) is 0 Å². The van der Waals surface area contributed by atoms with Gasteiger partial charge in [0.05, 0.1) is 0 Å². The number of hydrogen-bond acceptors (Lipinski definition) is 1. The van der Waals surface area contributed by atoms with Crippen molar-refractivity contribution in [3.63, 3.8) is 0 Å². The standard InChI is InChI=1S/C11H14O/c1-3-11(2,12)10-7-8-4-5-9(10)6-8/h1,4-5,8-10,12H,6-7H2,2H3/t8-,9-,10+,11-/m0/s1. The predicted molar refractivity (Wildman–Crippen MR) is 48.3 cm³/mol. The third kappa shape index (κ3) is 0.990. The monoisotopic (exact) mass is 162 g/mol. The molecule has 0 heterocycles. The van der Waals surface area contributed by atoms with Gasteiger partial charge in [0, 0.05) is 5.92 Å². The zero-order valence-electron chi connectivity index (χ0n) is 7.33. The van der Waals surface area contributed by atoms with Gasteiger partial charge in [-0.2, -0.15) is 0 Å². The van der Waals surface area contributed by atoms with E-state index in [4.69, 9.17) is 6.42 Å². The summed E-state index contributed by atoms with van der Waals surface area (Å²) in [6.45, 7) is 1.76. The highest BCUT2D eigenvalue weighted by Gasteiger charge is 2.44. The molecule has 12 heavy (non-hydrogen) atoms. The van der Waals surface area contributed by atoms with Gasteiger partial charge in [-0.05, 0) is 31.6 Å². The predicted octanol–water partition coefficient (Wildman–Crippen LogP) is 1.58. The van der Waals surface area contributed by atoms with Gasteiger partial charge < -0.3 is 5.11 Å². The molecule has 0 aromatic carbocycles. The number of aliphatic hydroxyl groups is 1. The number of terminal acetylenes is 1. The molecule has 0 saturated heterocycles. The Labute approximate surface area is 73.5 Å². The summed E-state index contributed by atoms with van der Waals surface area (Å²) in [4.78, 5) is 0. The van der Waals surface area contributed by atoms with Crippen LogP contribution < -0.4 is 0 Å². The SMILES string of the molecule is C#C[C@](C)(O)[C@@H]1C[C@H]2C=C[C@H]1C2. The van der Waals surface area contributed by atoms with Crippen LogP contribution in [0, 0.1) is 30.1 Å². The van der Waals surface area contributed by atoms with Crippen LogP contribution >= 0.6 is 0 Å². The van der Waals surface area contributed by atoms with Crippen molar-refractivity contribution in [2.75, 3.05) is 0 Å². The Morgan fingerprint density at radius 1 is 1.50 bits per heavy atom. The van der Waals surface area contributed by atoms with Crippen molar-refractivity contribution in [3.8, 4) is 12.3 Å². The lowest BCUT2D eigenvalue weighted by Gasteiger charge is -2.29. The molecule has 4 atom stereocenters. The summed E-state index contributed by atoms with van der Waals surface area (Å²) in [6.07, 6.45) is 12.0. The van der Waals surface area contributed by atoms with Crippen molar-refractivity contribution in [2.24, 2.45) is 17.8 Å². The van der Waals surface area contributed by atoms with E-state index in [0.717, 1.165) is 6.42 Å². The fraction of sp³-hybridized carbons (Fsp3) is 0.636. The molecule has 2 rings (SSSR count). The number of allylic oxidation sites excluding steroid dienone is 2. The summed E-state index contributed by atoms with van der Waals surface area (Å²) in [5.41, 5.74) is -0.899. The Morgan fingerprint density at radius 2 is 2.25 bits per heavy atom. The van der Waals surface area contributed by atoms with Crippen LogP contribution in [0.15, 0.2) is 12.2 Å². The van der Waals surface area contributed by atoms with Crippen LogP contribution in [-0.2, 0) is 0 Å². The second kappa shape index (κ2) is 2.37. The van der Waals surface area contributed by atoms with Gasteiger partial charge in [0.25, 0.3) is 0 Å². The second-order valence-corrected chi connectivity index (χ2v) is 4.18. The Morgan fingerprint density at radius 3 is 2.67 bits per heavy atom. The van der Waals surface area contributed by atoms with Crippen molar-refractivity contribution >= 4 is 0 Å². The fourth-order valence-electron chi connectivity index (χ4n) is 2.53. The quantitative estimate of drug-likeness (QED) is 0.458. The van der Waals surface area contributed by atoms with Crippen molar-refractivity contribution in [1.82, 2.24) is 0 Å². The lowest BCUT2D eigenvalue weighted by atomic mass is 9.80. The van der Waals surface area contributed by atoms with Gasteiger partial charge in [-0.3, -0.25) is 0 Å². The molecular weight excluding hydrogens is 148 g/mol. The number of rotatable bonds is 1. The van der Waals surface area contributed by atoms with Crippen molar-refractivity contribution in [3.05, 3.63) is 12.2 Å². The van der Waals surface area contributed by atoms with Gasteiger partial charge in [0.1, 0.15) is 5.60 Å². The van der Waals surface area contributed by atoms with Crippen LogP contribution in [0.2, 0.25) is 0 Å². The number of fused-ring (bicyclic) bond motifs is 2. The second-order valence-electron chi connectivity index (χ2n) is 4.18. The summed E-state index contributed by atoms with van der Waals surface area (Å²) in [7, 11) is 0. The molecule has 0 aromatic rings. The van der Waals surface area contributed by atoms with Crippen molar-refractivity contribution < 1.29 is 5.11 Å². The molecule has 0 spiro atoms. The lowest BCUT2D eigenvalue weighted by molar-refractivity contribution is 0.0434.